The number of aliphatic hydroxyl groups excluding tert-OH is 2. The fourth-order valence-corrected chi connectivity index (χ4v) is 10.4. The van der Waals surface area contributed by atoms with Crippen LogP contribution in [-0.4, -0.2) is 65.1 Å². The summed E-state index contributed by atoms with van der Waals surface area (Å²) < 4.78 is 46.4. The first-order chi connectivity index (χ1) is 20.9. The van der Waals surface area contributed by atoms with Gasteiger partial charge in [0, 0.05) is 40.8 Å². The topological polar surface area (TPSA) is 105 Å². The highest BCUT2D eigenvalue weighted by Crippen LogP contribution is 2.72. The van der Waals surface area contributed by atoms with Crippen molar-refractivity contribution in [2.24, 2.45) is 22.7 Å². The number of hydrogen-bond acceptors (Lipinski definition) is 8. The van der Waals surface area contributed by atoms with E-state index in [1.807, 2.05) is 31.3 Å². The lowest BCUT2D eigenvalue weighted by molar-refractivity contribution is -0.234. The van der Waals surface area contributed by atoms with Crippen molar-refractivity contribution in [3.05, 3.63) is 75.5 Å². The minimum absolute atomic E-state index is 0.0458. The normalized spacial score (nSPS) is 42.2. The molecule has 44 heavy (non-hydrogen) atoms. The molecule has 1 aromatic carbocycles. The number of fused-ring (bicyclic) bond motifs is 7. The molecule has 7 nitrogen and oxygen atoms in total. The molecule has 3 N–H and O–H groups in total. The standard InChI is InChI=1S/C34H37F2NO6S/c1-31-10-9-20(39)13-24(31)25(35)14-23-22-15-29-34(28(41)17-38,32(22,2)16-27(40)33(23,31)36)43-30(42-29)26-8-7-21(44-26)12-18-5-4-6-19(11-18)37-3/h4-11,13,22-23,25,27,29-30,37-38,40H,12,14-17H2,1-3H3/t22-,23-,25-,27-,29+,30+,31-,32-,33-,34+/m0/s1. The van der Waals surface area contributed by atoms with Gasteiger partial charge in [-0.15, -0.1) is 11.3 Å². The number of carbonyl (C=O) groups excluding carboxylic acids is 2. The van der Waals surface area contributed by atoms with E-state index in [4.69, 9.17) is 9.47 Å². The van der Waals surface area contributed by atoms with Gasteiger partial charge < -0.3 is 25.0 Å². The Morgan fingerprint density at radius 1 is 1.18 bits per heavy atom. The van der Waals surface area contributed by atoms with Gasteiger partial charge in [-0.2, -0.15) is 0 Å². The number of hydrogen-bond donors (Lipinski definition) is 3. The van der Waals surface area contributed by atoms with Crippen LogP contribution in [0.2, 0.25) is 0 Å². The summed E-state index contributed by atoms with van der Waals surface area (Å²) in [7, 11) is 1.87. The van der Waals surface area contributed by atoms with Crippen LogP contribution in [0.25, 0.3) is 0 Å². The van der Waals surface area contributed by atoms with Crippen molar-refractivity contribution in [3.63, 3.8) is 0 Å². The molecule has 4 aliphatic carbocycles. The molecule has 234 valence electrons. The second kappa shape index (κ2) is 10.1. The first-order valence-corrected chi connectivity index (χ1v) is 16.0. The van der Waals surface area contributed by atoms with Crippen LogP contribution < -0.4 is 5.32 Å². The lowest BCUT2D eigenvalue weighted by Crippen LogP contribution is -2.70. The van der Waals surface area contributed by atoms with Crippen molar-refractivity contribution in [3.8, 4) is 0 Å². The number of alkyl halides is 2. The lowest BCUT2D eigenvalue weighted by atomic mass is 9.44. The maximum Gasteiger partial charge on any atom is 0.194 e. The second-order valence-electron chi connectivity index (χ2n) is 13.4. The molecule has 1 aromatic heterocycles. The molecule has 10 heteroatoms. The number of nitrogens with one attached hydrogen (secondary N) is 1. The highest BCUT2D eigenvalue weighted by Gasteiger charge is 2.80. The number of halogens is 2. The van der Waals surface area contributed by atoms with Gasteiger partial charge in [-0.05, 0) is 79.7 Å². The number of ether oxygens (including phenoxy) is 2. The van der Waals surface area contributed by atoms with Crippen LogP contribution in [0.15, 0.2) is 60.2 Å². The number of ketones is 2. The lowest BCUT2D eigenvalue weighted by Gasteiger charge is -2.63. The largest absolute Gasteiger partial charge is 0.390 e. The van der Waals surface area contributed by atoms with Crippen LogP contribution in [0.1, 0.15) is 54.7 Å². The van der Waals surface area contributed by atoms with Crippen LogP contribution in [-0.2, 0) is 25.5 Å². The van der Waals surface area contributed by atoms with Crippen LogP contribution in [0.3, 0.4) is 0 Å². The average Bonchev–Trinajstić information content (AvgIpc) is 3.68. The van der Waals surface area contributed by atoms with E-state index >= 15 is 8.78 Å². The molecular formula is C34H37F2NO6S. The van der Waals surface area contributed by atoms with E-state index in [1.165, 1.54) is 23.5 Å². The van der Waals surface area contributed by atoms with Gasteiger partial charge in [0.1, 0.15) is 12.8 Å². The molecule has 1 saturated heterocycles. The summed E-state index contributed by atoms with van der Waals surface area (Å²) in [5, 5.41) is 25.0. The summed E-state index contributed by atoms with van der Waals surface area (Å²) >= 11 is 1.51. The quantitative estimate of drug-likeness (QED) is 0.414. The van der Waals surface area contributed by atoms with Gasteiger partial charge in [0.2, 0.25) is 0 Å². The van der Waals surface area contributed by atoms with Crippen LogP contribution >= 0.6 is 11.3 Å². The molecule has 10 atom stereocenters. The van der Waals surface area contributed by atoms with E-state index in [9.17, 15) is 19.8 Å². The van der Waals surface area contributed by atoms with Crippen molar-refractivity contribution >= 4 is 28.6 Å². The van der Waals surface area contributed by atoms with E-state index in [0.29, 0.717) is 6.42 Å². The van der Waals surface area contributed by atoms with Crippen molar-refractivity contribution in [1.82, 2.24) is 0 Å². The molecule has 4 fully saturated rings. The zero-order valence-electron chi connectivity index (χ0n) is 24.9. The van der Waals surface area contributed by atoms with Gasteiger partial charge in [0.15, 0.2) is 29.1 Å². The summed E-state index contributed by atoms with van der Waals surface area (Å²) in [5.74, 6) is -2.56. The Morgan fingerprint density at radius 2 is 1.98 bits per heavy atom. The number of aliphatic hydroxyl groups is 2. The summed E-state index contributed by atoms with van der Waals surface area (Å²) in [6.07, 6.45) is -0.562. The Bertz CT molecular complexity index is 1590. The Hall–Kier alpha value is -2.76. The van der Waals surface area contributed by atoms with Gasteiger partial charge in [-0.25, -0.2) is 8.78 Å². The molecule has 2 heterocycles. The van der Waals surface area contributed by atoms with Crippen molar-refractivity contribution < 1.29 is 38.1 Å². The zero-order valence-corrected chi connectivity index (χ0v) is 25.7. The predicted octanol–water partition coefficient (Wildman–Crippen LogP) is 5.02. The van der Waals surface area contributed by atoms with Crippen LogP contribution in [0.4, 0.5) is 14.5 Å². The fraction of sp³-hybridized carbons (Fsp3) is 0.529. The van der Waals surface area contributed by atoms with Gasteiger partial charge in [-0.1, -0.05) is 25.1 Å². The Kier molecular flexibility index (Phi) is 6.88. The van der Waals surface area contributed by atoms with Crippen molar-refractivity contribution in [2.45, 2.75) is 75.5 Å². The number of carbonyl (C=O) groups is 2. The molecule has 0 radical (unpaired) electrons. The summed E-state index contributed by atoms with van der Waals surface area (Å²) in [4.78, 5) is 27.7. The molecule has 1 aliphatic heterocycles. The maximum absolute atomic E-state index is 17.6. The Balaban J connectivity index is 1.22. The summed E-state index contributed by atoms with van der Waals surface area (Å²) in [5.41, 5.74) is -4.41. The van der Waals surface area contributed by atoms with E-state index in [0.717, 1.165) is 27.1 Å². The molecular weight excluding hydrogens is 588 g/mol. The summed E-state index contributed by atoms with van der Waals surface area (Å²) in [6.45, 7) is 2.52. The molecule has 7 rings (SSSR count). The number of thiophene rings is 1. The van der Waals surface area contributed by atoms with E-state index in [-0.39, 0.29) is 24.8 Å². The SMILES string of the molecule is CNc1cccc(Cc2ccc([C@@H]3O[C@@H]4C[C@H]5[C@@H]6C[C@H](F)C7=CC(=O)C=C[C@]7(C)[C@@]6(F)[C@@H](O)C[C@]5(C)[C@]4(C(=O)CO)O3)s2)c1. The molecule has 0 bridgehead atoms. The van der Waals surface area contributed by atoms with Gasteiger partial charge >= 0.3 is 0 Å². The third-order valence-corrected chi connectivity index (χ3v) is 12.5. The number of anilines is 1. The number of allylic oxidation sites excluding steroid dienone is 4. The molecule has 5 aliphatic rings. The number of rotatable bonds is 6. The fourth-order valence-electron chi connectivity index (χ4n) is 9.35. The predicted molar refractivity (Wildman–Crippen MR) is 161 cm³/mol. The van der Waals surface area contributed by atoms with E-state index in [1.54, 1.807) is 13.8 Å². The second-order valence-corrected chi connectivity index (χ2v) is 14.6. The van der Waals surface area contributed by atoms with Gasteiger partial charge in [-0.3, -0.25) is 9.59 Å². The van der Waals surface area contributed by atoms with Crippen LogP contribution in [0.5, 0.6) is 0 Å². The zero-order chi connectivity index (χ0) is 31.2. The van der Waals surface area contributed by atoms with Crippen LogP contribution in [0, 0.1) is 22.7 Å². The summed E-state index contributed by atoms with van der Waals surface area (Å²) in [6, 6.07) is 12.0. The minimum Gasteiger partial charge on any atom is -0.390 e. The first kappa shape index (κ1) is 29.9. The number of benzene rings is 1. The van der Waals surface area contributed by atoms with Crippen molar-refractivity contribution in [2.75, 3.05) is 19.0 Å². The Labute approximate surface area is 258 Å². The highest BCUT2D eigenvalue weighted by atomic mass is 32.1. The third kappa shape index (κ3) is 3.84. The monoisotopic (exact) mass is 625 g/mol. The Morgan fingerprint density at radius 3 is 2.73 bits per heavy atom. The van der Waals surface area contributed by atoms with Gasteiger partial charge in [0.05, 0.1) is 17.1 Å². The smallest absolute Gasteiger partial charge is 0.194 e. The number of Topliss-reactive ketones (excluding diaryl/α,β-unsaturated/α-hetero) is 1. The third-order valence-electron chi connectivity index (χ3n) is 11.4. The molecule has 0 spiro atoms. The highest BCUT2D eigenvalue weighted by molar-refractivity contribution is 7.12. The van der Waals surface area contributed by atoms with E-state index in [2.05, 4.69) is 17.4 Å². The van der Waals surface area contributed by atoms with Crippen molar-refractivity contribution in [1.29, 1.82) is 0 Å². The van der Waals surface area contributed by atoms with Gasteiger partial charge in [0.25, 0.3) is 0 Å². The maximum atomic E-state index is 17.6. The first-order valence-electron chi connectivity index (χ1n) is 15.2. The molecule has 2 aromatic rings. The minimum atomic E-state index is -2.28. The molecule has 0 amide bonds. The average molecular weight is 626 g/mol. The molecule has 0 unspecified atom stereocenters. The van der Waals surface area contributed by atoms with E-state index < -0.39 is 76.8 Å². The molecule has 3 saturated carbocycles.